The maximum absolute atomic E-state index is 13.6. The first-order chi connectivity index (χ1) is 8.58. The van der Waals surface area contributed by atoms with Gasteiger partial charge >= 0.3 is 5.97 Å². The lowest BCUT2D eigenvalue weighted by Crippen LogP contribution is -2.02. The Bertz CT molecular complexity index is 433. The molecule has 1 aliphatic rings. The fourth-order valence-electron chi connectivity index (χ4n) is 2.20. The van der Waals surface area contributed by atoms with E-state index in [2.05, 4.69) is 0 Å². The molecule has 0 bridgehead atoms. The molecule has 0 atom stereocenters. The number of carbonyl (C=O) groups is 1. The maximum Gasteiger partial charge on any atom is 0.335 e. The molecule has 1 aromatic rings. The van der Waals surface area contributed by atoms with Gasteiger partial charge in [-0.3, -0.25) is 0 Å². The second kappa shape index (κ2) is 5.69. The van der Waals surface area contributed by atoms with Gasteiger partial charge in [0.25, 0.3) is 0 Å². The molecule has 0 saturated heterocycles. The van der Waals surface area contributed by atoms with E-state index in [1.807, 2.05) is 0 Å². The third-order valence-electron chi connectivity index (χ3n) is 3.18. The van der Waals surface area contributed by atoms with E-state index < -0.39 is 17.6 Å². The number of hydrogen-bond donors (Lipinski definition) is 1. The Morgan fingerprint density at radius 2 is 1.83 bits per heavy atom. The number of benzene rings is 1. The summed E-state index contributed by atoms with van der Waals surface area (Å²) < 4.78 is 27.2. The van der Waals surface area contributed by atoms with Crippen LogP contribution in [0.25, 0.3) is 0 Å². The van der Waals surface area contributed by atoms with Crippen molar-refractivity contribution in [2.75, 3.05) is 5.75 Å². The third-order valence-corrected chi connectivity index (χ3v) is 4.50. The predicted octanol–water partition coefficient (Wildman–Crippen LogP) is 3.95. The van der Waals surface area contributed by atoms with Crippen molar-refractivity contribution in [3.8, 4) is 0 Å². The first kappa shape index (κ1) is 13.3. The molecule has 1 saturated carbocycles. The third kappa shape index (κ3) is 3.02. The largest absolute Gasteiger partial charge is 0.478 e. The summed E-state index contributed by atoms with van der Waals surface area (Å²) in [4.78, 5) is 10.6. The lowest BCUT2D eigenvalue weighted by molar-refractivity contribution is 0.0695. The summed E-state index contributed by atoms with van der Waals surface area (Å²) in [6.45, 7) is 0. The lowest BCUT2D eigenvalue weighted by atomic mass is 10.1. The normalized spacial score (nSPS) is 16.1. The summed E-state index contributed by atoms with van der Waals surface area (Å²) >= 11 is 1.15. The van der Waals surface area contributed by atoms with Crippen molar-refractivity contribution in [2.24, 2.45) is 5.92 Å². The van der Waals surface area contributed by atoms with Crippen molar-refractivity contribution in [1.82, 2.24) is 0 Å². The van der Waals surface area contributed by atoms with Gasteiger partial charge in [-0.05, 0) is 30.9 Å². The van der Waals surface area contributed by atoms with Gasteiger partial charge in [0.1, 0.15) is 11.6 Å². The van der Waals surface area contributed by atoms with Crippen LogP contribution in [0.4, 0.5) is 8.78 Å². The predicted molar refractivity (Wildman–Crippen MR) is 66.0 cm³/mol. The van der Waals surface area contributed by atoms with Crippen LogP contribution in [0.3, 0.4) is 0 Å². The number of aromatic carboxylic acids is 1. The quantitative estimate of drug-likeness (QED) is 0.843. The van der Waals surface area contributed by atoms with E-state index in [4.69, 9.17) is 5.11 Å². The molecule has 1 aromatic carbocycles. The van der Waals surface area contributed by atoms with Gasteiger partial charge < -0.3 is 5.11 Å². The second-order valence-corrected chi connectivity index (χ2v) is 5.57. The van der Waals surface area contributed by atoms with E-state index in [1.54, 1.807) is 0 Å². The molecule has 5 heteroatoms. The zero-order chi connectivity index (χ0) is 13.1. The number of carboxylic acids is 1. The van der Waals surface area contributed by atoms with E-state index in [0.29, 0.717) is 11.7 Å². The molecule has 2 nitrogen and oxygen atoms in total. The molecule has 0 aromatic heterocycles. The summed E-state index contributed by atoms with van der Waals surface area (Å²) in [5, 5.41) is 8.69. The Morgan fingerprint density at radius 3 is 2.33 bits per heavy atom. The minimum Gasteiger partial charge on any atom is -0.478 e. The number of halogens is 2. The van der Waals surface area contributed by atoms with Gasteiger partial charge in [0.15, 0.2) is 0 Å². The van der Waals surface area contributed by atoms with Crippen LogP contribution in [0.2, 0.25) is 0 Å². The molecule has 0 amide bonds. The fraction of sp³-hybridized carbons (Fsp3) is 0.462. The Hall–Kier alpha value is -1.10. The average Bonchev–Trinajstić information content (AvgIpc) is 2.80. The Balaban J connectivity index is 2.10. The summed E-state index contributed by atoms with van der Waals surface area (Å²) in [5.74, 6) is -1.67. The fourth-order valence-corrected chi connectivity index (χ4v) is 3.33. The standard InChI is InChI=1S/C13H14F2O2S/c14-10-5-9(13(16)17)6-11(15)12(10)18-7-8-3-1-2-4-8/h5-6,8H,1-4,7H2,(H,16,17). The molecule has 2 rings (SSSR count). The van der Waals surface area contributed by atoms with Crippen LogP contribution in [-0.4, -0.2) is 16.8 Å². The zero-order valence-corrected chi connectivity index (χ0v) is 10.6. The van der Waals surface area contributed by atoms with Gasteiger partial charge in [0.05, 0.1) is 10.5 Å². The molecular weight excluding hydrogens is 258 g/mol. The van der Waals surface area contributed by atoms with Gasteiger partial charge in [-0.25, -0.2) is 13.6 Å². The lowest BCUT2D eigenvalue weighted by Gasteiger charge is -2.10. The summed E-state index contributed by atoms with van der Waals surface area (Å²) in [7, 11) is 0. The molecule has 0 unspecified atom stereocenters. The zero-order valence-electron chi connectivity index (χ0n) is 9.79. The molecule has 0 heterocycles. The first-order valence-corrected chi connectivity index (χ1v) is 6.91. The van der Waals surface area contributed by atoms with Crippen molar-refractivity contribution >= 4 is 17.7 Å². The second-order valence-electron chi connectivity index (χ2n) is 4.54. The highest BCUT2D eigenvalue weighted by Gasteiger charge is 2.19. The van der Waals surface area contributed by atoms with Gasteiger partial charge in [-0.1, -0.05) is 12.8 Å². The first-order valence-electron chi connectivity index (χ1n) is 5.93. The van der Waals surface area contributed by atoms with Gasteiger partial charge in [0, 0.05) is 5.75 Å². The van der Waals surface area contributed by atoms with Gasteiger partial charge in [0.2, 0.25) is 0 Å². The van der Waals surface area contributed by atoms with Crippen LogP contribution in [0.1, 0.15) is 36.0 Å². The van der Waals surface area contributed by atoms with Gasteiger partial charge in [-0.2, -0.15) is 0 Å². The van der Waals surface area contributed by atoms with Crippen LogP contribution < -0.4 is 0 Å². The molecule has 1 aliphatic carbocycles. The monoisotopic (exact) mass is 272 g/mol. The summed E-state index contributed by atoms with van der Waals surface area (Å²) in [5.41, 5.74) is -0.352. The maximum atomic E-state index is 13.6. The van der Waals surface area contributed by atoms with Crippen LogP contribution in [0.5, 0.6) is 0 Å². The van der Waals surface area contributed by atoms with Crippen molar-refractivity contribution in [3.05, 3.63) is 29.3 Å². The number of carboxylic acid groups (broad SMARTS) is 1. The van der Waals surface area contributed by atoms with E-state index >= 15 is 0 Å². The highest BCUT2D eigenvalue weighted by molar-refractivity contribution is 7.99. The molecule has 0 radical (unpaired) electrons. The minimum absolute atomic E-state index is 0.0631. The molecule has 18 heavy (non-hydrogen) atoms. The summed E-state index contributed by atoms with van der Waals surface area (Å²) in [6, 6.07) is 1.75. The van der Waals surface area contributed by atoms with E-state index in [0.717, 1.165) is 36.7 Å². The minimum atomic E-state index is -1.32. The van der Waals surface area contributed by atoms with E-state index in [1.165, 1.54) is 12.8 Å². The van der Waals surface area contributed by atoms with E-state index in [-0.39, 0.29) is 10.5 Å². The summed E-state index contributed by atoms with van der Waals surface area (Å²) in [6.07, 6.45) is 4.61. The molecule has 1 fully saturated rings. The SMILES string of the molecule is O=C(O)c1cc(F)c(SCC2CCCC2)c(F)c1. The number of thioether (sulfide) groups is 1. The molecule has 0 spiro atoms. The number of hydrogen-bond acceptors (Lipinski definition) is 2. The smallest absolute Gasteiger partial charge is 0.335 e. The molecule has 1 N–H and O–H groups in total. The molecular formula is C13H14F2O2S. The molecule has 98 valence electrons. The van der Waals surface area contributed by atoms with Crippen molar-refractivity contribution in [1.29, 1.82) is 0 Å². The van der Waals surface area contributed by atoms with Crippen molar-refractivity contribution < 1.29 is 18.7 Å². The van der Waals surface area contributed by atoms with Crippen LogP contribution in [0, 0.1) is 17.6 Å². The Morgan fingerprint density at radius 1 is 1.28 bits per heavy atom. The van der Waals surface area contributed by atoms with E-state index in [9.17, 15) is 13.6 Å². The molecule has 0 aliphatic heterocycles. The Labute approximate surface area is 108 Å². The topological polar surface area (TPSA) is 37.3 Å². The van der Waals surface area contributed by atoms with Crippen molar-refractivity contribution in [2.45, 2.75) is 30.6 Å². The van der Waals surface area contributed by atoms with Crippen LogP contribution in [0.15, 0.2) is 17.0 Å². The Kier molecular flexibility index (Phi) is 4.22. The average molecular weight is 272 g/mol. The van der Waals surface area contributed by atoms with Gasteiger partial charge in [-0.15, -0.1) is 11.8 Å². The van der Waals surface area contributed by atoms with Crippen LogP contribution >= 0.6 is 11.8 Å². The van der Waals surface area contributed by atoms with Crippen molar-refractivity contribution in [3.63, 3.8) is 0 Å². The highest BCUT2D eigenvalue weighted by atomic mass is 32.2. The number of rotatable bonds is 4. The highest BCUT2D eigenvalue weighted by Crippen LogP contribution is 2.33. The van der Waals surface area contributed by atoms with Crippen LogP contribution in [-0.2, 0) is 0 Å².